The van der Waals surface area contributed by atoms with E-state index in [-0.39, 0.29) is 11.9 Å². The normalized spacial score (nSPS) is 27.8. The molecule has 0 spiro atoms. The zero-order chi connectivity index (χ0) is 17.1. The van der Waals surface area contributed by atoms with Crippen molar-refractivity contribution in [2.75, 3.05) is 13.6 Å². The van der Waals surface area contributed by atoms with E-state index >= 15 is 0 Å². The van der Waals surface area contributed by atoms with Crippen LogP contribution in [0.5, 0.6) is 0 Å². The molecule has 24 heavy (non-hydrogen) atoms. The van der Waals surface area contributed by atoms with Crippen LogP contribution in [0.25, 0.3) is 0 Å². The van der Waals surface area contributed by atoms with Gasteiger partial charge in [-0.15, -0.1) is 0 Å². The minimum atomic E-state index is -0.418. The molecule has 3 rings (SSSR count). The Morgan fingerprint density at radius 2 is 1.96 bits per heavy atom. The van der Waals surface area contributed by atoms with Crippen LogP contribution in [0, 0.1) is 0 Å². The second-order valence-electron chi connectivity index (χ2n) is 7.10. The minimum Gasteiger partial charge on any atom is -0.353 e. The Balaban J connectivity index is 1.76. The maximum Gasteiger partial charge on any atom is 0.325 e. The lowest BCUT2D eigenvalue weighted by Crippen LogP contribution is -2.64. The summed E-state index contributed by atoms with van der Waals surface area (Å²) in [6.45, 7) is 2.96. The summed E-state index contributed by atoms with van der Waals surface area (Å²) >= 11 is 0. The SMILES string of the molecule is CCCCCN1C(NC2CCCCC2)=NC2C1C(=O)NC(=O)N2C. The largest absolute Gasteiger partial charge is 0.353 e. The van der Waals surface area contributed by atoms with Gasteiger partial charge in [-0.25, -0.2) is 9.79 Å². The van der Waals surface area contributed by atoms with E-state index < -0.39 is 12.2 Å². The molecule has 2 N–H and O–H groups in total. The molecule has 1 saturated carbocycles. The van der Waals surface area contributed by atoms with Gasteiger partial charge in [0, 0.05) is 19.6 Å². The smallest absolute Gasteiger partial charge is 0.325 e. The summed E-state index contributed by atoms with van der Waals surface area (Å²) in [5.74, 6) is 0.563. The number of hydrogen-bond acceptors (Lipinski definition) is 5. The molecule has 3 aliphatic rings. The molecule has 1 saturated heterocycles. The summed E-state index contributed by atoms with van der Waals surface area (Å²) in [7, 11) is 1.71. The second kappa shape index (κ2) is 7.40. The average molecular weight is 335 g/mol. The van der Waals surface area contributed by atoms with Gasteiger partial charge in [0.2, 0.25) is 0 Å². The molecule has 0 aromatic heterocycles. The summed E-state index contributed by atoms with van der Waals surface area (Å²) in [5.41, 5.74) is 0. The van der Waals surface area contributed by atoms with Crippen molar-refractivity contribution >= 4 is 17.9 Å². The van der Waals surface area contributed by atoms with Gasteiger partial charge in [0.25, 0.3) is 5.91 Å². The quantitative estimate of drug-likeness (QED) is 0.749. The van der Waals surface area contributed by atoms with Crippen LogP contribution >= 0.6 is 0 Å². The van der Waals surface area contributed by atoms with Gasteiger partial charge in [0.1, 0.15) is 0 Å². The van der Waals surface area contributed by atoms with E-state index in [9.17, 15) is 9.59 Å². The highest BCUT2D eigenvalue weighted by atomic mass is 16.2. The third kappa shape index (κ3) is 3.35. The number of unbranched alkanes of at least 4 members (excludes halogenated alkanes) is 2. The van der Waals surface area contributed by atoms with Gasteiger partial charge in [-0.3, -0.25) is 10.1 Å². The molecule has 2 aliphatic heterocycles. The molecule has 2 heterocycles. The number of nitrogens with zero attached hydrogens (tertiary/aromatic N) is 3. The van der Waals surface area contributed by atoms with Gasteiger partial charge in [-0.05, 0) is 19.3 Å². The molecule has 134 valence electrons. The molecule has 0 bridgehead atoms. The van der Waals surface area contributed by atoms with Crippen molar-refractivity contribution in [3.05, 3.63) is 0 Å². The second-order valence-corrected chi connectivity index (χ2v) is 7.10. The summed E-state index contributed by atoms with van der Waals surface area (Å²) in [6, 6.07) is -0.344. The number of guanidine groups is 1. The summed E-state index contributed by atoms with van der Waals surface area (Å²) in [6.07, 6.45) is 8.95. The highest BCUT2D eigenvalue weighted by Gasteiger charge is 2.48. The van der Waals surface area contributed by atoms with E-state index in [1.165, 1.54) is 24.2 Å². The van der Waals surface area contributed by atoms with Crippen LogP contribution in [-0.4, -0.2) is 59.5 Å². The van der Waals surface area contributed by atoms with Crippen LogP contribution < -0.4 is 10.6 Å². The van der Waals surface area contributed by atoms with Crippen molar-refractivity contribution in [3.8, 4) is 0 Å². The molecule has 2 fully saturated rings. The number of urea groups is 1. The number of carbonyl (C=O) groups is 2. The number of fused-ring (bicyclic) bond motifs is 1. The Labute approximate surface area is 143 Å². The molecule has 1 aliphatic carbocycles. The summed E-state index contributed by atoms with van der Waals surface area (Å²) in [4.78, 5) is 32.6. The fourth-order valence-electron chi connectivity index (χ4n) is 3.85. The molecular formula is C17H29N5O2. The predicted molar refractivity (Wildman–Crippen MR) is 92.6 cm³/mol. The van der Waals surface area contributed by atoms with Gasteiger partial charge in [-0.2, -0.15) is 0 Å². The highest BCUT2D eigenvalue weighted by Crippen LogP contribution is 2.25. The first-order valence-corrected chi connectivity index (χ1v) is 9.30. The van der Waals surface area contributed by atoms with Crippen LogP contribution in [0.2, 0.25) is 0 Å². The van der Waals surface area contributed by atoms with Crippen molar-refractivity contribution in [2.45, 2.75) is 76.5 Å². The number of imide groups is 1. The molecule has 3 amide bonds. The Hall–Kier alpha value is -1.79. The topological polar surface area (TPSA) is 77.0 Å². The van der Waals surface area contributed by atoms with Gasteiger partial charge in [-0.1, -0.05) is 39.0 Å². The lowest BCUT2D eigenvalue weighted by Gasteiger charge is -2.36. The van der Waals surface area contributed by atoms with E-state index in [1.54, 1.807) is 7.05 Å². The number of amides is 3. The molecule has 7 nitrogen and oxygen atoms in total. The lowest BCUT2D eigenvalue weighted by atomic mass is 9.96. The van der Waals surface area contributed by atoms with Crippen LogP contribution in [0.1, 0.15) is 58.3 Å². The van der Waals surface area contributed by atoms with E-state index in [1.807, 2.05) is 0 Å². The van der Waals surface area contributed by atoms with Crippen LogP contribution in [0.3, 0.4) is 0 Å². The number of hydrogen-bond donors (Lipinski definition) is 2. The number of aliphatic imine (C=N–C) groups is 1. The van der Waals surface area contributed by atoms with Gasteiger partial charge in [0.05, 0.1) is 0 Å². The van der Waals surface area contributed by atoms with Crippen LogP contribution in [0.4, 0.5) is 4.79 Å². The Kier molecular flexibility index (Phi) is 5.26. The summed E-state index contributed by atoms with van der Waals surface area (Å²) in [5, 5.41) is 6.02. The van der Waals surface area contributed by atoms with E-state index in [0.717, 1.165) is 44.6 Å². The monoisotopic (exact) mass is 335 g/mol. The number of carbonyl (C=O) groups excluding carboxylic acids is 2. The number of nitrogens with one attached hydrogen (secondary N) is 2. The third-order valence-electron chi connectivity index (χ3n) is 5.30. The van der Waals surface area contributed by atoms with Crippen LogP contribution in [0.15, 0.2) is 4.99 Å². The molecule has 2 unspecified atom stereocenters. The van der Waals surface area contributed by atoms with E-state index in [0.29, 0.717) is 6.04 Å². The predicted octanol–water partition coefficient (Wildman–Crippen LogP) is 1.65. The molecule has 7 heteroatoms. The van der Waals surface area contributed by atoms with Crippen molar-refractivity contribution in [2.24, 2.45) is 4.99 Å². The minimum absolute atomic E-state index is 0.233. The zero-order valence-electron chi connectivity index (χ0n) is 14.8. The van der Waals surface area contributed by atoms with Crippen LogP contribution in [-0.2, 0) is 4.79 Å². The maximum atomic E-state index is 12.4. The first-order chi connectivity index (χ1) is 11.6. The zero-order valence-corrected chi connectivity index (χ0v) is 14.8. The Morgan fingerprint density at radius 1 is 1.21 bits per heavy atom. The highest BCUT2D eigenvalue weighted by molar-refractivity contribution is 6.03. The Morgan fingerprint density at radius 3 is 2.67 bits per heavy atom. The van der Waals surface area contributed by atoms with Gasteiger partial charge < -0.3 is 15.1 Å². The molecule has 0 radical (unpaired) electrons. The van der Waals surface area contributed by atoms with Crippen molar-refractivity contribution in [1.82, 2.24) is 20.4 Å². The van der Waals surface area contributed by atoms with Gasteiger partial charge in [0.15, 0.2) is 18.2 Å². The van der Waals surface area contributed by atoms with Crippen molar-refractivity contribution in [1.29, 1.82) is 0 Å². The number of rotatable bonds is 5. The number of likely N-dealkylation sites (N-methyl/N-ethyl adjacent to an activating group) is 1. The third-order valence-corrected chi connectivity index (χ3v) is 5.30. The average Bonchev–Trinajstić information content (AvgIpc) is 2.93. The molecule has 0 aromatic carbocycles. The first-order valence-electron chi connectivity index (χ1n) is 9.30. The molecule has 0 aromatic rings. The summed E-state index contributed by atoms with van der Waals surface area (Å²) < 4.78 is 0. The maximum absolute atomic E-state index is 12.4. The standard InChI is InChI=1S/C17H29N5O2/c1-3-4-8-11-22-13-14(21(2)17(24)20-15(13)23)19-16(22)18-12-9-6-5-7-10-12/h12-14H,3-11H2,1-2H3,(H,18,19)(H,20,23,24). The lowest BCUT2D eigenvalue weighted by molar-refractivity contribution is -0.127. The fourth-order valence-corrected chi connectivity index (χ4v) is 3.85. The van der Waals surface area contributed by atoms with Gasteiger partial charge >= 0.3 is 6.03 Å². The molecule has 2 atom stereocenters. The fraction of sp³-hybridized carbons (Fsp3) is 0.824. The molecular weight excluding hydrogens is 306 g/mol. The van der Waals surface area contributed by atoms with E-state index in [2.05, 4.69) is 22.5 Å². The first kappa shape index (κ1) is 17.0. The van der Waals surface area contributed by atoms with Crippen molar-refractivity contribution in [3.63, 3.8) is 0 Å². The van der Waals surface area contributed by atoms with Crippen molar-refractivity contribution < 1.29 is 9.59 Å². The van der Waals surface area contributed by atoms with E-state index in [4.69, 9.17) is 4.99 Å². The Bertz CT molecular complexity index is 515.